The van der Waals surface area contributed by atoms with Gasteiger partial charge in [0.05, 0.1) is 9.67 Å². The predicted octanol–water partition coefficient (Wildman–Crippen LogP) is 3.15. The molecule has 2 aliphatic rings. The largest absolute Gasteiger partial charge is 0.474 e. The molecule has 94 valence electrons. The molecule has 0 radical (unpaired) electrons. The van der Waals surface area contributed by atoms with Gasteiger partial charge in [0, 0.05) is 6.20 Å². The van der Waals surface area contributed by atoms with Crippen molar-refractivity contribution in [1.82, 2.24) is 4.98 Å². The summed E-state index contributed by atoms with van der Waals surface area (Å²) >= 11 is 2.25. The number of ether oxygens (including phenoxy) is 1. The molecule has 3 rings (SSSR count). The van der Waals surface area contributed by atoms with E-state index in [1.807, 2.05) is 12.1 Å². The van der Waals surface area contributed by atoms with Crippen LogP contribution < -0.4 is 4.74 Å². The van der Waals surface area contributed by atoms with Crippen LogP contribution in [0.4, 0.5) is 0 Å². The SMILES string of the molecule is Ic1cccnc1OC1CCC1.OC1CCC1. The number of aliphatic hydroxyl groups is 1. The fourth-order valence-electron chi connectivity index (χ4n) is 1.49. The van der Waals surface area contributed by atoms with Gasteiger partial charge < -0.3 is 9.84 Å². The molecule has 0 spiro atoms. The van der Waals surface area contributed by atoms with Gasteiger partial charge in [-0.2, -0.15) is 0 Å². The van der Waals surface area contributed by atoms with Crippen LogP contribution in [0.2, 0.25) is 0 Å². The lowest BCUT2D eigenvalue weighted by Crippen LogP contribution is -2.25. The van der Waals surface area contributed by atoms with Crippen LogP contribution in [0.5, 0.6) is 5.88 Å². The summed E-state index contributed by atoms with van der Waals surface area (Å²) in [7, 11) is 0. The van der Waals surface area contributed by atoms with Gasteiger partial charge in [-0.1, -0.05) is 0 Å². The van der Waals surface area contributed by atoms with Crippen LogP contribution in [0.15, 0.2) is 18.3 Å². The molecule has 17 heavy (non-hydrogen) atoms. The Morgan fingerprint density at radius 1 is 1.24 bits per heavy atom. The molecule has 0 unspecified atom stereocenters. The highest BCUT2D eigenvalue weighted by molar-refractivity contribution is 14.1. The van der Waals surface area contributed by atoms with E-state index in [1.54, 1.807) is 6.20 Å². The van der Waals surface area contributed by atoms with E-state index in [2.05, 4.69) is 27.6 Å². The summed E-state index contributed by atoms with van der Waals surface area (Å²) in [4.78, 5) is 4.17. The Morgan fingerprint density at radius 2 is 1.88 bits per heavy atom. The molecule has 0 saturated heterocycles. The maximum Gasteiger partial charge on any atom is 0.227 e. The van der Waals surface area contributed by atoms with Crippen molar-refractivity contribution in [3.05, 3.63) is 21.9 Å². The van der Waals surface area contributed by atoms with E-state index in [4.69, 9.17) is 9.84 Å². The third kappa shape index (κ3) is 4.10. The lowest BCUT2D eigenvalue weighted by atomic mass is 9.96. The summed E-state index contributed by atoms with van der Waals surface area (Å²) in [5.74, 6) is 0.794. The molecule has 1 N–H and O–H groups in total. The number of halogens is 1. The first-order chi connectivity index (χ1) is 8.25. The smallest absolute Gasteiger partial charge is 0.227 e. The van der Waals surface area contributed by atoms with E-state index in [0.717, 1.165) is 22.3 Å². The minimum Gasteiger partial charge on any atom is -0.474 e. The zero-order chi connectivity index (χ0) is 12.1. The average Bonchev–Trinajstić information content (AvgIpc) is 2.24. The van der Waals surface area contributed by atoms with Crippen molar-refractivity contribution in [3.63, 3.8) is 0 Å². The highest BCUT2D eigenvalue weighted by atomic mass is 127. The van der Waals surface area contributed by atoms with Crippen molar-refractivity contribution in [2.75, 3.05) is 0 Å². The molecule has 2 saturated carbocycles. The normalized spacial score (nSPS) is 19.6. The second-order valence-corrected chi connectivity index (χ2v) is 5.71. The van der Waals surface area contributed by atoms with Crippen molar-refractivity contribution in [2.45, 2.75) is 50.7 Å². The topological polar surface area (TPSA) is 42.4 Å². The molecule has 0 aliphatic heterocycles. The van der Waals surface area contributed by atoms with Gasteiger partial charge in [-0.25, -0.2) is 4.98 Å². The van der Waals surface area contributed by atoms with Crippen LogP contribution in [-0.2, 0) is 0 Å². The maximum absolute atomic E-state index is 8.45. The zero-order valence-corrected chi connectivity index (χ0v) is 12.0. The van der Waals surface area contributed by atoms with Gasteiger partial charge in [-0.15, -0.1) is 0 Å². The summed E-state index contributed by atoms with van der Waals surface area (Å²) in [6.07, 6.45) is 9.26. The molecule has 2 aliphatic carbocycles. The van der Waals surface area contributed by atoms with Gasteiger partial charge in [-0.3, -0.25) is 0 Å². The molecule has 0 bridgehead atoms. The maximum atomic E-state index is 8.45. The van der Waals surface area contributed by atoms with E-state index in [9.17, 15) is 0 Å². The van der Waals surface area contributed by atoms with E-state index >= 15 is 0 Å². The summed E-state index contributed by atoms with van der Waals surface area (Å²) in [6.45, 7) is 0. The molecule has 4 heteroatoms. The highest BCUT2D eigenvalue weighted by Gasteiger charge is 2.20. The van der Waals surface area contributed by atoms with Gasteiger partial charge in [0.25, 0.3) is 0 Å². The van der Waals surface area contributed by atoms with E-state index in [-0.39, 0.29) is 6.10 Å². The van der Waals surface area contributed by atoms with Crippen molar-refractivity contribution in [1.29, 1.82) is 0 Å². The van der Waals surface area contributed by atoms with E-state index in [0.29, 0.717) is 6.10 Å². The third-order valence-electron chi connectivity index (χ3n) is 3.13. The zero-order valence-electron chi connectivity index (χ0n) is 9.81. The van der Waals surface area contributed by atoms with Gasteiger partial charge in [0.1, 0.15) is 6.10 Å². The Labute approximate surface area is 116 Å². The number of hydrogen-bond donors (Lipinski definition) is 1. The molecule has 1 aromatic rings. The van der Waals surface area contributed by atoms with Crippen molar-refractivity contribution in [3.8, 4) is 5.88 Å². The van der Waals surface area contributed by atoms with Gasteiger partial charge in [0.2, 0.25) is 5.88 Å². The molecule has 2 fully saturated rings. The Hall–Kier alpha value is -0.360. The van der Waals surface area contributed by atoms with Crippen molar-refractivity contribution >= 4 is 22.6 Å². The molecule has 1 aromatic heterocycles. The standard InChI is InChI=1S/C9H10INO.C4H8O/c10-8-5-2-6-11-9(8)12-7-3-1-4-7;5-4-2-1-3-4/h2,5-7H,1,3-4H2;4-5H,1-3H2. The molecule has 0 amide bonds. The molecule has 1 heterocycles. The Morgan fingerprint density at radius 3 is 2.29 bits per heavy atom. The van der Waals surface area contributed by atoms with Crippen LogP contribution in [0.1, 0.15) is 38.5 Å². The number of nitrogens with zero attached hydrogens (tertiary/aromatic N) is 1. The van der Waals surface area contributed by atoms with Gasteiger partial charge in [0.15, 0.2) is 0 Å². The minimum atomic E-state index is 0.0648. The molecular weight excluding hydrogens is 329 g/mol. The lowest BCUT2D eigenvalue weighted by molar-refractivity contribution is 0.0950. The van der Waals surface area contributed by atoms with Crippen LogP contribution >= 0.6 is 22.6 Å². The fraction of sp³-hybridized carbons (Fsp3) is 0.615. The summed E-state index contributed by atoms with van der Waals surface area (Å²) < 4.78 is 6.76. The minimum absolute atomic E-state index is 0.0648. The molecule has 0 atom stereocenters. The van der Waals surface area contributed by atoms with Crippen LogP contribution in [0.3, 0.4) is 0 Å². The van der Waals surface area contributed by atoms with Gasteiger partial charge in [-0.05, 0) is 73.2 Å². The van der Waals surface area contributed by atoms with Crippen LogP contribution in [0, 0.1) is 3.57 Å². The number of aliphatic hydroxyl groups excluding tert-OH is 1. The Balaban J connectivity index is 0.000000181. The second-order valence-electron chi connectivity index (χ2n) is 4.55. The van der Waals surface area contributed by atoms with E-state index < -0.39 is 0 Å². The van der Waals surface area contributed by atoms with Crippen LogP contribution in [-0.4, -0.2) is 22.3 Å². The predicted molar refractivity (Wildman–Crippen MR) is 75.1 cm³/mol. The lowest BCUT2D eigenvalue weighted by Gasteiger charge is -2.25. The third-order valence-corrected chi connectivity index (χ3v) is 3.95. The molecular formula is C13H18INO2. The quantitative estimate of drug-likeness (QED) is 0.836. The fourth-order valence-corrected chi connectivity index (χ4v) is 1.97. The number of pyridine rings is 1. The Bertz CT molecular complexity index is 351. The summed E-state index contributed by atoms with van der Waals surface area (Å²) in [5, 5.41) is 8.45. The van der Waals surface area contributed by atoms with Crippen molar-refractivity contribution in [2.24, 2.45) is 0 Å². The van der Waals surface area contributed by atoms with Crippen LogP contribution in [0.25, 0.3) is 0 Å². The summed E-state index contributed by atoms with van der Waals surface area (Å²) in [5.41, 5.74) is 0. The second kappa shape index (κ2) is 6.54. The Kier molecular flexibility index (Phi) is 5.03. The molecule has 3 nitrogen and oxygen atoms in total. The van der Waals surface area contributed by atoms with Crippen molar-refractivity contribution < 1.29 is 9.84 Å². The molecule has 0 aromatic carbocycles. The first-order valence-corrected chi connectivity index (χ1v) is 7.29. The number of hydrogen-bond acceptors (Lipinski definition) is 3. The number of aromatic nitrogens is 1. The number of rotatable bonds is 2. The highest BCUT2D eigenvalue weighted by Crippen LogP contribution is 2.26. The average molecular weight is 347 g/mol. The van der Waals surface area contributed by atoms with Gasteiger partial charge >= 0.3 is 0 Å². The van der Waals surface area contributed by atoms with E-state index in [1.165, 1.54) is 25.7 Å². The summed E-state index contributed by atoms with van der Waals surface area (Å²) in [6, 6.07) is 3.94. The first kappa shape index (κ1) is 13.1. The first-order valence-electron chi connectivity index (χ1n) is 6.21. The monoisotopic (exact) mass is 347 g/mol.